The summed E-state index contributed by atoms with van der Waals surface area (Å²) in [4.78, 5) is 4.53. The smallest absolute Gasteiger partial charge is 0.131 e. The van der Waals surface area contributed by atoms with Crippen LogP contribution in [0, 0.1) is 5.41 Å². The minimum Gasteiger partial charge on any atom is -0.507 e. The number of hydrogen-bond acceptors (Lipinski definition) is 5. The predicted octanol–water partition coefficient (Wildman–Crippen LogP) is 5.52. The zero-order valence-corrected chi connectivity index (χ0v) is 15.7. The van der Waals surface area contributed by atoms with Crippen LogP contribution < -0.4 is 0 Å². The second-order valence-corrected chi connectivity index (χ2v) is 7.59. The summed E-state index contributed by atoms with van der Waals surface area (Å²) in [6.07, 6.45) is 1.85. The van der Waals surface area contributed by atoms with Gasteiger partial charge in [-0.2, -0.15) is 0 Å². The van der Waals surface area contributed by atoms with Crippen LogP contribution in [-0.4, -0.2) is 20.9 Å². The fourth-order valence-corrected chi connectivity index (χ4v) is 3.57. The number of aromatic nitrogens is 1. The zero-order chi connectivity index (χ0) is 18.7. The van der Waals surface area contributed by atoms with Crippen LogP contribution in [0.2, 0.25) is 9.36 Å². The van der Waals surface area contributed by atoms with Gasteiger partial charge in [-0.25, -0.2) is 0 Å². The number of rotatable bonds is 5. The number of nitrogens with zero attached hydrogens (tertiary/aromatic N) is 1. The van der Waals surface area contributed by atoms with Gasteiger partial charge < -0.3 is 10.2 Å². The Kier molecular flexibility index (Phi) is 5.74. The standard InChI is InChI=1S/C19H14Cl2N2O2S/c20-13-5-3-11(4-6-13)18(24)16(17(22)14-7-8-15(21)26-14)19(25)12-2-1-9-23-10-12/h1-10,19,22,24-25H/b18-16+,22-17?. The molecule has 0 bridgehead atoms. The van der Waals surface area contributed by atoms with E-state index in [0.29, 0.717) is 25.4 Å². The molecule has 0 amide bonds. The minimum absolute atomic E-state index is 0.00861. The fourth-order valence-electron chi connectivity index (χ4n) is 2.43. The van der Waals surface area contributed by atoms with Gasteiger partial charge in [-0.3, -0.25) is 10.4 Å². The molecule has 3 N–H and O–H groups in total. The Balaban J connectivity index is 2.13. The number of benzene rings is 1. The van der Waals surface area contributed by atoms with Crippen molar-refractivity contribution in [1.82, 2.24) is 4.98 Å². The molecule has 0 spiro atoms. The summed E-state index contributed by atoms with van der Waals surface area (Å²) >= 11 is 13.1. The summed E-state index contributed by atoms with van der Waals surface area (Å²) in [6.45, 7) is 0. The molecule has 7 heteroatoms. The van der Waals surface area contributed by atoms with E-state index in [2.05, 4.69) is 4.98 Å². The van der Waals surface area contributed by atoms with Gasteiger partial charge in [0, 0.05) is 28.5 Å². The fraction of sp³-hybridized carbons (Fsp3) is 0.0526. The van der Waals surface area contributed by atoms with Crippen molar-refractivity contribution in [1.29, 1.82) is 5.41 Å². The van der Waals surface area contributed by atoms with Crippen molar-refractivity contribution >= 4 is 46.0 Å². The summed E-state index contributed by atoms with van der Waals surface area (Å²) in [5.74, 6) is -0.201. The molecular weight excluding hydrogens is 391 g/mol. The summed E-state index contributed by atoms with van der Waals surface area (Å²) in [5, 5.41) is 30.7. The molecule has 0 aliphatic carbocycles. The minimum atomic E-state index is -1.23. The number of nitrogens with one attached hydrogen (secondary N) is 1. The molecule has 0 fully saturated rings. The highest BCUT2D eigenvalue weighted by molar-refractivity contribution is 7.18. The molecule has 4 nitrogen and oxygen atoms in total. The third kappa shape index (κ3) is 3.97. The Morgan fingerprint density at radius 2 is 1.81 bits per heavy atom. The third-order valence-corrected chi connectivity index (χ3v) is 5.24. The van der Waals surface area contributed by atoms with Crippen molar-refractivity contribution in [2.75, 3.05) is 0 Å². The lowest BCUT2D eigenvalue weighted by molar-refractivity contribution is 0.219. The predicted molar refractivity (Wildman–Crippen MR) is 106 cm³/mol. The summed E-state index contributed by atoms with van der Waals surface area (Å²) in [5.41, 5.74) is 0.972. The van der Waals surface area contributed by atoms with Crippen molar-refractivity contribution in [2.45, 2.75) is 6.10 Å². The molecule has 3 rings (SSSR count). The van der Waals surface area contributed by atoms with Gasteiger partial charge in [0.2, 0.25) is 0 Å². The number of aliphatic hydroxyl groups excluding tert-OH is 2. The van der Waals surface area contributed by atoms with Gasteiger partial charge in [0.15, 0.2) is 0 Å². The molecule has 0 aliphatic heterocycles. The van der Waals surface area contributed by atoms with Crippen molar-refractivity contribution in [3.8, 4) is 0 Å². The van der Waals surface area contributed by atoms with Gasteiger partial charge in [0.1, 0.15) is 11.9 Å². The molecule has 0 saturated heterocycles. The average molecular weight is 405 g/mol. The van der Waals surface area contributed by atoms with E-state index in [1.54, 1.807) is 54.7 Å². The Labute approximate surface area is 164 Å². The van der Waals surface area contributed by atoms with Gasteiger partial charge in [-0.05, 0) is 42.5 Å². The summed E-state index contributed by atoms with van der Waals surface area (Å²) < 4.78 is 0.519. The lowest BCUT2D eigenvalue weighted by Crippen LogP contribution is -2.14. The van der Waals surface area contributed by atoms with E-state index >= 15 is 0 Å². The van der Waals surface area contributed by atoms with Crippen LogP contribution in [0.15, 0.2) is 66.5 Å². The van der Waals surface area contributed by atoms with Gasteiger partial charge in [0.25, 0.3) is 0 Å². The van der Waals surface area contributed by atoms with Gasteiger partial charge >= 0.3 is 0 Å². The first-order chi connectivity index (χ1) is 12.5. The Morgan fingerprint density at radius 1 is 1.08 bits per heavy atom. The van der Waals surface area contributed by atoms with E-state index in [0.717, 1.165) is 0 Å². The van der Waals surface area contributed by atoms with Crippen LogP contribution >= 0.6 is 34.5 Å². The first kappa shape index (κ1) is 18.6. The van der Waals surface area contributed by atoms with Crippen molar-refractivity contribution in [3.05, 3.63) is 91.9 Å². The second kappa shape index (κ2) is 8.01. The highest BCUT2D eigenvalue weighted by Gasteiger charge is 2.25. The van der Waals surface area contributed by atoms with Gasteiger partial charge in [-0.1, -0.05) is 29.3 Å². The van der Waals surface area contributed by atoms with Crippen LogP contribution in [0.4, 0.5) is 0 Å². The third-order valence-electron chi connectivity index (χ3n) is 3.74. The normalized spacial score (nSPS) is 13.2. The van der Waals surface area contributed by atoms with Crippen molar-refractivity contribution in [3.63, 3.8) is 0 Å². The van der Waals surface area contributed by atoms with Crippen LogP contribution in [0.3, 0.4) is 0 Å². The van der Waals surface area contributed by atoms with Crippen LogP contribution in [-0.2, 0) is 0 Å². The molecule has 3 aromatic rings. The van der Waals surface area contributed by atoms with Crippen molar-refractivity contribution < 1.29 is 10.2 Å². The maximum absolute atomic E-state index is 10.9. The monoisotopic (exact) mass is 404 g/mol. The summed E-state index contributed by atoms with van der Waals surface area (Å²) in [7, 11) is 0. The average Bonchev–Trinajstić information content (AvgIpc) is 3.09. The molecule has 2 heterocycles. The van der Waals surface area contributed by atoms with Gasteiger partial charge in [-0.15, -0.1) is 11.3 Å². The number of pyridine rings is 1. The lowest BCUT2D eigenvalue weighted by Gasteiger charge is -2.18. The molecule has 1 atom stereocenters. The van der Waals surface area contributed by atoms with E-state index in [1.165, 1.54) is 17.5 Å². The van der Waals surface area contributed by atoms with E-state index in [1.807, 2.05) is 0 Å². The van der Waals surface area contributed by atoms with Gasteiger partial charge in [0.05, 0.1) is 20.5 Å². The number of thiophene rings is 1. The molecule has 132 valence electrons. The van der Waals surface area contributed by atoms with Crippen LogP contribution in [0.1, 0.15) is 22.1 Å². The van der Waals surface area contributed by atoms with E-state index in [9.17, 15) is 10.2 Å². The number of aliphatic hydroxyl groups is 2. The maximum atomic E-state index is 10.9. The molecule has 0 radical (unpaired) electrons. The first-order valence-electron chi connectivity index (χ1n) is 7.59. The zero-order valence-electron chi connectivity index (χ0n) is 13.4. The highest BCUT2D eigenvalue weighted by Crippen LogP contribution is 2.33. The van der Waals surface area contributed by atoms with Crippen LogP contribution in [0.25, 0.3) is 5.76 Å². The van der Waals surface area contributed by atoms with Crippen LogP contribution in [0.5, 0.6) is 0 Å². The van der Waals surface area contributed by atoms with E-state index in [4.69, 9.17) is 28.6 Å². The first-order valence-corrected chi connectivity index (χ1v) is 9.16. The van der Waals surface area contributed by atoms with E-state index < -0.39 is 6.10 Å². The largest absolute Gasteiger partial charge is 0.507 e. The van der Waals surface area contributed by atoms with Crippen molar-refractivity contribution in [2.24, 2.45) is 0 Å². The molecule has 2 aromatic heterocycles. The second-order valence-electron chi connectivity index (χ2n) is 5.44. The topological polar surface area (TPSA) is 77.2 Å². The molecule has 1 aromatic carbocycles. The Bertz CT molecular complexity index is 953. The van der Waals surface area contributed by atoms with E-state index in [-0.39, 0.29) is 17.0 Å². The quantitative estimate of drug-likeness (QED) is 0.386. The number of hydrogen-bond donors (Lipinski definition) is 3. The lowest BCUT2D eigenvalue weighted by atomic mass is 9.94. The summed E-state index contributed by atoms with van der Waals surface area (Å²) in [6, 6.07) is 13.2. The molecular formula is C19H14Cl2N2O2S. The molecule has 26 heavy (non-hydrogen) atoms. The number of halogens is 2. The molecule has 0 aliphatic rings. The SMILES string of the molecule is N=C(/C(=C(\O)c1ccc(Cl)cc1)C(O)c1cccnc1)c1ccc(Cl)s1. The Hall–Kier alpha value is -2.18. The Morgan fingerprint density at radius 3 is 2.38 bits per heavy atom. The molecule has 0 saturated carbocycles. The maximum Gasteiger partial charge on any atom is 0.131 e. The molecule has 1 unspecified atom stereocenters. The highest BCUT2D eigenvalue weighted by atomic mass is 35.5.